The van der Waals surface area contributed by atoms with Crippen LogP contribution in [0.3, 0.4) is 0 Å². The quantitative estimate of drug-likeness (QED) is 0.273. The molecular formula is C30H31ClF4N2O. The SMILES string of the molecule is CCNc1ccc(Cl)cc1C(=O)N(CCc1ccc(F)c(C(F)(F)F)c1)Cc1ccc(C2CCCC2)cc1. The zero-order chi connectivity index (χ0) is 27.3. The summed E-state index contributed by atoms with van der Waals surface area (Å²) in [6.45, 7) is 2.93. The zero-order valence-electron chi connectivity index (χ0n) is 21.3. The summed E-state index contributed by atoms with van der Waals surface area (Å²) in [4.78, 5) is 15.4. The van der Waals surface area contributed by atoms with Crippen LogP contribution in [0.15, 0.2) is 60.7 Å². The third kappa shape index (κ3) is 6.87. The predicted molar refractivity (Wildman–Crippen MR) is 143 cm³/mol. The summed E-state index contributed by atoms with van der Waals surface area (Å²) in [5.41, 5.74) is 2.22. The molecule has 8 heteroatoms. The molecule has 1 fully saturated rings. The average molecular weight is 547 g/mol. The van der Waals surface area contributed by atoms with E-state index in [-0.39, 0.29) is 25.4 Å². The van der Waals surface area contributed by atoms with Gasteiger partial charge in [-0.05, 0) is 79.1 Å². The Labute approximate surface area is 225 Å². The Kier molecular flexibility index (Phi) is 8.98. The molecule has 3 aromatic rings. The number of alkyl halides is 3. The third-order valence-electron chi connectivity index (χ3n) is 7.05. The Hall–Kier alpha value is -3.06. The van der Waals surface area contributed by atoms with Gasteiger partial charge in [0, 0.05) is 30.3 Å². The lowest BCUT2D eigenvalue weighted by atomic mass is 9.96. The van der Waals surface area contributed by atoms with Gasteiger partial charge in [0.1, 0.15) is 5.82 Å². The number of benzene rings is 3. The Balaban J connectivity index is 1.60. The third-order valence-corrected chi connectivity index (χ3v) is 7.29. The van der Waals surface area contributed by atoms with Crippen molar-refractivity contribution < 1.29 is 22.4 Å². The smallest absolute Gasteiger partial charge is 0.385 e. The summed E-state index contributed by atoms with van der Waals surface area (Å²) in [6, 6.07) is 16.2. The maximum Gasteiger partial charge on any atom is 0.419 e. The van der Waals surface area contributed by atoms with Crippen LogP contribution in [-0.4, -0.2) is 23.9 Å². The van der Waals surface area contributed by atoms with Crippen molar-refractivity contribution in [2.24, 2.45) is 0 Å². The monoisotopic (exact) mass is 546 g/mol. The molecular weight excluding hydrogens is 516 g/mol. The van der Waals surface area contributed by atoms with E-state index >= 15 is 0 Å². The first kappa shape index (κ1) is 28.0. The Morgan fingerprint density at radius 2 is 1.68 bits per heavy atom. The summed E-state index contributed by atoms with van der Waals surface area (Å²) in [7, 11) is 0. The van der Waals surface area contributed by atoms with Crippen LogP contribution in [0.5, 0.6) is 0 Å². The molecule has 0 bridgehead atoms. The molecule has 0 aliphatic heterocycles. The van der Waals surface area contributed by atoms with Gasteiger partial charge in [-0.1, -0.05) is 54.8 Å². The molecule has 1 aliphatic rings. The van der Waals surface area contributed by atoms with E-state index in [4.69, 9.17) is 11.6 Å². The first-order valence-corrected chi connectivity index (χ1v) is 13.3. The molecule has 0 heterocycles. The second-order valence-electron chi connectivity index (χ2n) is 9.73. The molecule has 38 heavy (non-hydrogen) atoms. The summed E-state index contributed by atoms with van der Waals surface area (Å²) in [6.07, 6.45) is 0.182. The van der Waals surface area contributed by atoms with Crippen molar-refractivity contribution in [2.45, 2.75) is 57.7 Å². The predicted octanol–water partition coefficient (Wildman–Crippen LogP) is 8.47. The van der Waals surface area contributed by atoms with Crippen molar-refractivity contribution in [3.63, 3.8) is 0 Å². The van der Waals surface area contributed by atoms with Crippen LogP contribution in [0, 0.1) is 5.82 Å². The van der Waals surface area contributed by atoms with Gasteiger partial charge in [-0.2, -0.15) is 13.2 Å². The fourth-order valence-corrected chi connectivity index (χ4v) is 5.22. The van der Waals surface area contributed by atoms with Crippen LogP contribution in [0.4, 0.5) is 23.2 Å². The molecule has 3 aromatic carbocycles. The van der Waals surface area contributed by atoms with Crippen molar-refractivity contribution in [2.75, 3.05) is 18.4 Å². The minimum absolute atomic E-state index is 0.131. The number of anilines is 1. The van der Waals surface area contributed by atoms with Gasteiger partial charge in [0.2, 0.25) is 0 Å². The lowest BCUT2D eigenvalue weighted by Gasteiger charge is -2.25. The Morgan fingerprint density at radius 1 is 1.00 bits per heavy atom. The second-order valence-corrected chi connectivity index (χ2v) is 10.2. The van der Waals surface area contributed by atoms with E-state index in [1.54, 1.807) is 23.1 Å². The molecule has 0 unspecified atom stereocenters. The summed E-state index contributed by atoms with van der Waals surface area (Å²) in [5.74, 6) is -1.04. The van der Waals surface area contributed by atoms with Gasteiger partial charge in [0.05, 0.1) is 11.1 Å². The van der Waals surface area contributed by atoms with Crippen molar-refractivity contribution in [3.05, 3.63) is 99.3 Å². The van der Waals surface area contributed by atoms with Gasteiger partial charge in [0.25, 0.3) is 5.91 Å². The summed E-state index contributed by atoms with van der Waals surface area (Å²) >= 11 is 6.21. The van der Waals surface area contributed by atoms with Crippen molar-refractivity contribution in [3.8, 4) is 0 Å². The minimum atomic E-state index is -4.79. The van der Waals surface area contributed by atoms with Crippen LogP contribution in [-0.2, 0) is 19.1 Å². The molecule has 1 amide bonds. The van der Waals surface area contributed by atoms with Crippen molar-refractivity contribution in [1.29, 1.82) is 0 Å². The number of halogens is 5. The van der Waals surface area contributed by atoms with Gasteiger partial charge in [-0.15, -0.1) is 0 Å². The highest BCUT2D eigenvalue weighted by atomic mass is 35.5. The molecule has 0 aromatic heterocycles. The number of nitrogens with one attached hydrogen (secondary N) is 1. The van der Waals surface area contributed by atoms with Gasteiger partial charge < -0.3 is 10.2 Å². The van der Waals surface area contributed by atoms with Crippen LogP contribution >= 0.6 is 11.6 Å². The Morgan fingerprint density at radius 3 is 2.34 bits per heavy atom. The Bertz CT molecular complexity index is 1250. The van der Waals surface area contributed by atoms with Crippen molar-refractivity contribution >= 4 is 23.2 Å². The van der Waals surface area contributed by atoms with Gasteiger partial charge in [0.15, 0.2) is 0 Å². The number of carbonyl (C=O) groups is 1. The van der Waals surface area contributed by atoms with Gasteiger partial charge in [-0.25, -0.2) is 4.39 Å². The highest BCUT2D eigenvalue weighted by Crippen LogP contribution is 2.34. The van der Waals surface area contributed by atoms with E-state index in [1.807, 2.05) is 19.1 Å². The van der Waals surface area contributed by atoms with E-state index in [1.165, 1.54) is 37.3 Å². The molecule has 4 rings (SSSR count). The first-order valence-electron chi connectivity index (χ1n) is 12.9. The fourth-order valence-electron chi connectivity index (χ4n) is 5.04. The summed E-state index contributed by atoms with van der Waals surface area (Å²) in [5, 5.41) is 3.58. The number of amides is 1. The number of carbonyl (C=O) groups excluding carboxylic acids is 1. The topological polar surface area (TPSA) is 32.3 Å². The van der Waals surface area contributed by atoms with Gasteiger partial charge >= 0.3 is 6.18 Å². The lowest BCUT2D eigenvalue weighted by molar-refractivity contribution is -0.140. The lowest BCUT2D eigenvalue weighted by Crippen LogP contribution is -2.33. The molecule has 1 N–H and O–H groups in total. The maximum absolute atomic E-state index is 13.8. The highest BCUT2D eigenvalue weighted by molar-refractivity contribution is 6.31. The van der Waals surface area contributed by atoms with E-state index < -0.39 is 17.6 Å². The number of rotatable bonds is 9. The molecule has 202 valence electrons. The molecule has 0 saturated heterocycles. The fraction of sp³-hybridized carbons (Fsp3) is 0.367. The molecule has 1 saturated carbocycles. The first-order chi connectivity index (χ1) is 18.2. The number of hydrogen-bond acceptors (Lipinski definition) is 2. The van der Waals surface area contributed by atoms with E-state index in [2.05, 4.69) is 17.4 Å². The number of nitrogens with zero attached hydrogens (tertiary/aromatic N) is 1. The summed E-state index contributed by atoms with van der Waals surface area (Å²) < 4.78 is 53.5. The standard InChI is InChI=1S/C30H31ClF4N2O/c1-2-36-28-14-12-24(31)18-25(28)29(38)37(16-15-20-9-13-27(32)26(17-20)30(33,34)35)19-21-7-10-23(11-8-21)22-5-3-4-6-22/h7-14,17-18,22,36H,2-6,15-16,19H2,1H3. The molecule has 3 nitrogen and oxygen atoms in total. The molecule has 0 radical (unpaired) electrons. The normalized spacial score (nSPS) is 14.1. The van der Waals surface area contributed by atoms with Crippen LogP contribution in [0.2, 0.25) is 5.02 Å². The molecule has 1 aliphatic carbocycles. The molecule has 0 atom stereocenters. The van der Waals surface area contributed by atoms with E-state index in [0.29, 0.717) is 34.3 Å². The second kappa shape index (κ2) is 12.2. The van der Waals surface area contributed by atoms with E-state index in [0.717, 1.165) is 17.7 Å². The van der Waals surface area contributed by atoms with E-state index in [9.17, 15) is 22.4 Å². The zero-order valence-corrected chi connectivity index (χ0v) is 22.0. The van der Waals surface area contributed by atoms with Gasteiger partial charge in [-0.3, -0.25) is 4.79 Å². The largest absolute Gasteiger partial charge is 0.419 e. The maximum atomic E-state index is 13.8. The highest BCUT2D eigenvalue weighted by Gasteiger charge is 2.34. The van der Waals surface area contributed by atoms with Crippen LogP contribution < -0.4 is 5.32 Å². The molecule has 0 spiro atoms. The van der Waals surface area contributed by atoms with Crippen molar-refractivity contribution in [1.82, 2.24) is 4.90 Å². The average Bonchev–Trinajstić information content (AvgIpc) is 3.43. The van der Waals surface area contributed by atoms with Crippen LogP contribution in [0.1, 0.15) is 71.1 Å². The minimum Gasteiger partial charge on any atom is -0.385 e. The number of hydrogen-bond donors (Lipinski definition) is 1. The van der Waals surface area contributed by atoms with Crippen LogP contribution in [0.25, 0.3) is 0 Å².